The van der Waals surface area contributed by atoms with E-state index in [1.807, 2.05) is 5.38 Å². The van der Waals surface area contributed by atoms with Crippen LogP contribution in [0, 0.1) is 0 Å². The maximum absolute atomic E-state index is 5.59. The Morgan fingerprint density at radius 3 is 3.07 bits per heavy atom. The second-order valence-corrected chi connectivity index (χ2v) is 3.71. The third-order valence-corrected chi connectivity index (χ3v) is 2.33. The minimum atomic E-state index is -0.216. The first-order valence-corrected chi connectivity index (χ1v) is 5.15. The van der Waals surface area contributed by atoms with Gasteiger partial charge in [-0.15, -0.1) is 11.3 Å². The molecule has 0 aromatic carbocycles. The van der Waals surface area contributed by atoms with Crippen LogP contribution in [-0.4, -0.2) is 15.1 Å². The van der Waals surface area contributed by atoms with E-state index in [1.165, 1.54) is 0 Å². The van der Waals surface area contributed by atoms with Crippen LogP contribution in [0.1, 0.15) is 30.4 Å². The van der Waals surface area contributed by atoms with Crippen molar-refractivity contribution >= 4 is 11.3 Å². The summed E-state index contributed by atoms with van der Waals surface area (Å²) in [5.41, 5.74) is 8.32. The lowest BCUT2D eigenvalue weighted by atomic mass is 10.3. The molecule has 74 valence electrons. The van der Waals surface area contributed by atoms with Gasteiger partial charge in [0.15, 0.2) is 5.82 Å². The van der Waals surface area contributed by atoms with Gasteiger partial charge in [-0.05, 0) is 6.92 Å². The van der Waals surface area contributed by atoms with E-state index in [1.54, 1.807) is 23.8 Å². The topological polar surface area (TPSA) is 77.8 Å². The zero-order valence-corrected chi connectivity index (χ0v) is 8.49. The molecule has 0 spiro atoms. The van der Waals surface area contributed by atoms with Crippen LogP contribution in [0.15, 0.2) is 15.4 Å². The number of rotatable bonds is 3. The Labute approximate surface area is 85.0 Å². The largest absolute Gasteiger partial charge is 0.338 e. The molecule has 0 radical (unpaired) electrons. The van der Waals surface area contributed by atoms with Crippen molar-refractivity contribution in [3.63, 3.8) is 0 Å². The highest BCUT2D eigenvalue weighted by atomic mass is 32.1. The fourth-order valence-electron chi connectivity index (χ4n) is 1.01. The van der Waals surface area contributed by atoms with Gasteiger partial charge in [0.1, 0.15) is 0 Å². The summed E-state index contributed by atoms with van der Waals surface area (Å²) in [7, 11) is 0. The normalized spacial score (nSPS) is 13.0. The summed E-state index contributed by atoms with van der Waals surface area (Å²) in [6, 6.07) is -0.216. The van der Waals surface area contributed by atoms with Gasteiger partial charge < -0.3 is 10.3 Å². The Morgan fingerprint density at radius 2 is 2.50 bits per heavy atom. The Hall–Kier alpha value is -1.27. The summed E-state index contributed by atoms with van der Waals surface area (Å²) in [6.45, 7) is 1.81. The first kappa shape index (κ1) is 9.29. The number of aromatic nitrogens is 3. The van der Waals surface area contributed by atoms with E-state index in [4.69, 9.17) is 10.3 Å². The SMILES string of the molecule is C[C@H](N)c1nc(Cc2cscn2)no1. The molecule has 5 nitrogen and oxygen atoms in total. The molecule has 0 amide bonds. The second kappa shape index (κ2) is 3.85. The molecule has 2 aromatic rings. The van der Waals surface area contributed by atoms with Gasteiger partial charge in [-0.25, -0.2) is 4.98 Å². The average molecular weight is 210 g/mol. The van der Waals surface area contributed by atoms with E-state index in [2.05, 4.69) is 15.1 Å². The number of hydrogen-bond donors (Lipinski definition) is 1. The Morgan fingerprint density at radius 1 is 1.64 bits per heavy atom. The van der Waals surface area contributed by atoms with Crippen LogP contribution in [-0.2, 0) is 6.42 Å². The monoisotopic (exact) mass is 210 g/mol. The molecule has 6 heteroatoms. The quantitative estimate of drug-likeness (QED) is 0.821. The highest BCUT2D eigenvalue weighted by Crippen LogP contribution is 2.10. The van der Waals surface area contributed by atoms with E-state index in [9.17, 15) is 0 Å². The van der Waals surface area contributed by atoms with Crippen molar-refractivity contribution < 1.29 is 4.52 Å². The molecule has 0 aliphatic heterocycles. The van der Waals surface area contributed by atoms with Gasteiger partial charge in [-0.3, -0.25) is 0 Å². The van der Waals surface area contributed by atoms with Gasteiger partial charge in [0.05, 0.1) is 23.7 Å². The number of hydrogen-bond acceptors (Lipinski definition) is 6. The third-order valence-electron chi connectivity index (χ3n) is 1.70. The maximum Gasteiger partial charge on any atom is 0.243 e. The van der Waals surface area contributed by atoms with Crippen molar-refractivity contribution in [3.05, 3.63) is 28.3 Å². The smallest absolute Gasteiger partial charge is 0.243 e. The summed E-state index contributed by atoms with van der Waals surface area (Å²) in [5.74, 6) is 1.10. The number of thiazole rings is 1. The highest BCUT2D eigenvalue weighted by molar-refractivity contribution is 7.07. The number of nitrogens with zero attached hydrogens (tertiary/aromatic N) is 3. The molecule has 0 aliphatic carbocycles. The minimum Gasteiger partial charge on any atom is -0.338 e. The van der Waals surface area contributed by atoms with Gasteiger partial charge in [-0.2, -0.15) is 4.98 Å². The first-order chi connectivity index (χ1) is 6.75. The van der Waals surface area contributed by atoms with Crippen LogP contribution in [0.25, 0.3) is 0 Å². The summed E-state index contributed by atoms with van der Waals surface area (Å²) in [6.07, 6.45) is 0.597. The predicted molar refractivity (Wildman–Crippen MR) is 51.8 cm³/mol. The van der Waals surface area contributed by atoms with Gasteiger partial charge >= 0.3 is 0 Å². The molecule has 0 unspecified atom stereocenters. The molecular formula is C8H10N4OS. The Balaban J connectivity index is 2.11. The average Bonchev–Trinajstić information content (AvgIpc) is 2.75. The fraction of sp³-hybridized carbons (Fsp3) is 0.375. The van der Waals surface area contributed by atoms with Crippen LogP contribution >= 0.6 is 11.3 Å². The molecule has 2 N–H and O–H groups in total. The minimum absolute atomic E-state index is 0.216. The molecule has 14 heavy (non-hydrogen) atoms. The number of nitrogens with two attached hydrogens (primary N) is 1. The Kier molecular flexibility index (Phi) is 2.55. The molecule has 1 atom stereocenters. The van der Waals surface area contributed by atoms with Crippen LogP contribution in [0.4, 0.5) is 0 Å². The van der Waals surface area contributed by atoms with E-state index in [-0.39, 0.29) is 6.04 Å². The summed E-state index contributed by atoms with van der Waals surface area (Å²) < 4.78 is 4.96. The summed E-state index contributed by atoms with van der Waals surface area (Å²) in [4.78, 5) is 8.28. The van der Waals surface area contributed by atoms with Crippen LogP contribution in [0.5, 0.6) is 0 Å². The molecule has 2 heterocycles. The summed E-state index contributed by atoms with van der Waals surface area (Å²) in [5, 5.41) is 5.77. The molecular weight excluding hydrogens is 200 g/mol. The molecule has 0 bridgehead atoms. The highest BCUT2D eigenvalue weighted by Gasteiger charge is 2.10. The molecule has 0 fully saturated rings. The lowest BCUT2D eigenvalue weighted by molar-refractivity contribution is 0.357. The van der Waals surface area contributed by atoms with Gasteiger partial charge in [0.25, 0.3) is 0 Å². The van der Waals surface area contributed by atoms with Gasteiger partial charge in [-0.1, -0.05) is 5.16 Å². The van der Waals surface area contributed by atoms with Crippen molar-refractivity contribution in [1.29, 1.82) is 0 Å². The van der Waals surface area contributed by atoms with E-state index >= 15 is 0 Å². The maximum atomic E-state index is 5.59. The second-order valence-electron chi connectivity index (χ2n) is 2.99. The fourth-order valence-corrected chi connectivity index (χ4v) is 1.57. The van der Waals surface area contributed by atoms with Crippen LogP contribution in [0.2, 0.25) is 0 Å². The third kappa shape index (κ3) is 1.97. The molecule has 2 rings (SSSR count). The molecule has 0 saturated heterocycles. The van der Waals surface area contributed by atoms with E-state index in [0.29, 0.717) is 18.1 Å². The van der Waals surface area contributed by atoms with Crippen molar-refractivity contribution in [1.82, 2.24) is 15.1 Å². The zero-order valence-electron chi connectivity index (χ0n) is 7.67. The van der Waals surface area contributed by atoms with Crippen LogP contribution in [0.3, 0.4) is 0 Å². The molecule has 0 saturated carbocycles. The first-order valence-electron chi connectivity index (χ1n) is 4.21. The zero-order chi connectivity index (χ0) is 9.97. The van der Waals surface area contributed by atoms with Gasteiger partial charge in [0.2, 0.25) is 5.89 Å². The van der Waals surface area contributed by atoms with E-state index < -0.39 is 0 Å². The molecule has 2 aromatic heterocycles. The standard InChI is InChI=1S/C8H10N4OS/c1-5(9)8-11-7(12-13-8)2-6-3-14-4-10-6/h3-5H,2,9H2,1H3/t5-/m0/s1. The van der Waals surface area contributed by atoms with Crippen molar-refractivity contribution in [2.75, 3.05) is 0 Å². The lowest BCUT2D eigenvalue weighted by Gasteiger charge is -1.92. The van der Waals surface area contributed by atoms with Crippen molar-refractivity contribution in [2.24, 2.45) is 5.73 Å². The van der Waals surface area contributed by atoms with E-state index in [0.717, 1.165) is 5.69 Å². The Bertz CT molecular complexity index is 395. The van der Waals surface area contributed by atoms with Crippen LogP contribution < -0.4 is 5.73 Å². The molecule has 0 aliphatic rings. The van der Waals surface area contributed by atoms with Gasteiger partial charge in [0, 0.05) is 5.38 Å². The van der Waals surface area contributed by atoms with Crippen molar-refractivity contribution in [2.45, 2.75) is 19.4 Å². The predicted octanol–water partition coefficient (Wildman–Crippen LogP) is 1.14. The van der Waals surface area contributed by atoms with Crippen molar-refractivity contribution in [3.8, 4) is 0 Å². The lowest BCUT2D eigenvalue weighted by Crippen LogP contribution is -2.05. The summed E-state index contributed by atoms with van der Waals surface area (Å²) >= 11 is 1.55.